The summed E-state index contributed by atoms with van der Waals surface area (Å²) < 4.78 is 68.0. The van der Waals surface area contributed by atoms with Crippen molar-refractivity contribution in [1.29, 1.82) is 0 Å². The molecular formula is C27H27F3N6O4S2. The number of halogens is 3. The number of carbonyl (C=O) groups excluding carboxylic acids is 1. The Morgan fingerprint density at radius 3 is 2.45 bits per heavy atom. The molecule has 1 saturated carbocycles. The molecule has 2 aliphatic rings. The number of rotatable bonds is 9. The van der Waals surface area contributed by atoms with Gasteiger partial charge in [-0.15, -0.1) is 0 Å². The second-order valence-corrected chi connectivity index (χ2v) is 12.6. The Hall–Kier alpha value is -3.85. The van der Waals surface area contributed by atoms with Crippen molar-refractivity contribution in [3.63, 3.8) is 0 Å². The zero-order valence-corrected chi connectivity index (χ0v) is 23.7. The number of anilines is 1. The number of nitrogens with zero attached hydrogens (tertiary/aromatic N) is 3. The van der Waals surface area contributed by atoms with E-state index in [0.717, 1.165) is 41.6 Å². The summed E-state index contributed by atoms with van der Waals surface area (Å²) in [5, 5.41) is 13.8. The normalized spacial score (nSPS) is 19.2. The van der Waals surface area contributed by atoms with Crippen molar-refractivity contribution in [2.24, 2.45) is 10.9 Å². The summed E-state index contributed by atoms with van der Waals surface area (Å²) >= 11 is 1.10. The van der Waals surface area contributed by atoms with E-state index in [0.29, 0.717) is 22.3 Å². The van der Waals surface area contributed by atoms with Crippen molar-refractivity contribution in [2.75, 3.05) is 4.72 Å². The Kier molecular flexibility index (Phi) is 8.87. The van der Waals surface area contributed by atoms with Gasteiger partial charge in [0, 0.05) is 5.69 Å². The summed E-state index contributed by atoms with van der Waals surface area (Å²) in [5.41, 5.74) is -3.86. The van der Waals surface area contributed by atoms with Gasteiger partial charge >= 0.3 is 15.5 Å². The smallest absolute Gasteiger partial charge is 0.484 e. The topological polar surface area (TPSA) is 138 Å². The van der Waals surface area contributed by atoms with Crippen LogP contribution in [0.1, 0.15) is 55.9 Å². The van der Waals surface area contributed by atoms with Crippen LogP contribution in [-0.2, 0) is 14.8 Å². The molecule has 1 amide bonds. The standard InChI is InChI=1S/C27H27F3N6O4S2/c28-27(29,30)42(38,39)35-20-10-8-19(9-11-20)32-26-33-25(37)24(41-26)15-18-6-12-21(13-7-18)40-23(22-16-31-36-34-22)14-17-4-2-1-3-5-17/h6-13,15-17,23,35H,1-5,14H2,(H,31,34,36)(H,32,33,37)/b24-15+. The van der Waals surface area contributed by atoms with E-state index in [1.165, 1.54) is 49.0 Å². The molecule has 2 heterocycles. The highest BCUT2D eigenvalue weighted by atomic mass is 32.2. The number of benzene rings is 2. The average molecular weight is 621 g/mol. The fourth-order valence-electron chi connectivity index (χ4n) is 4.69. The number of amides is 1. The average Bonchev–Trinajstić information content (AvgIpc) is 3.60. The van der Waals surface area contributed by atoms with Crippen molar-refractivity contribution in [3.05, 3.63) is 70.9 Å². The van der Waals surface area contributed by atoms with Crippen LogP contribution in [0.2, 0.25) is 0 Å². The number of hydrogen-bond acceptors (Lipinski definition) is 8. The fourth-order valence-corrected chi connectivity index (χ4v) is 6.10. The molecule has 2 fully saturated rings. The second kappa shape index (κ2) is 12.6. The van der Waals surface area contributed by atoms with Gasteiger partial charge in [-0.25, -0.2) is 4.99 Å². The Labute approximate surface area is 244 Å². The Balaban J connectivity index is 1.22. The molecule has 222 valence electrons. The van der Waals surface area contributed by atoms with Gasteiger partial charge in [0.25, 0.3) is 5.91 Å². The van der Waals surface area contributed by atoms with E-state index < -0.39 is 15.5 Å². The number of amidine groups is 1. The van der Waals surface area contributed by atoms with Crippen LogP contribution < -0.4 is 14.8 Å². The Morgan fingerprint density at radius 1 is 1.10 bits per heavy atom. The first kappa shape index (κ1) is 29.6. The van der Waals surface area contributed by atoms with E-state index in [2.05, 4.69) is 25.7 Å². The van der Waals surface area contributed by atoms with Crippen LogP contribution in [0.4, 0.5) is 24.5 Å². The van der Waals surface area contributed by atoms with E-state index in [9.17, 15) is 26.4 Å². The third-order valence-electron chi connectivity index (χ3n) is 6.80. The number of nitrogens with one attached hydrogen (secondary N) is 3. The van der Waals surface area contributed by atoms with Gasteiger partial charge in [0.05, 0.1) is 16.8 Å². The highest BCUT2D eigenvalue weighted by Crippen LogP contribution is 2.35. The number of ether oxygens (including phenoxy) is 1. The third-order valence-corrected chi connectivity index (χ3v) is 8.82. The lowest BCUT2D eigenvalue weighted by atomic mass is 9.85. The summed E-state index contributed by atoms with van der Waals surface area (Å²) in [7, 11) is -5.52. The number of H-pyrrole nitrogens is 1. The minimum atomic E-state index is -5.52. The van der Waals surface area contributed by atoms with Crippen LogP contribution in [0, 0.1) is 5.92 Å². The molecule has 0 bridgehead atoms. The van der Waals surface area contributed by atoms with E-state index in [1.807, 2.05) is 24.3 Å². The highest BCUT2D eigenvalue weighted by molar-refractivity contribution is 8.18. The van der Waals surface area contributed by atoms with Crippen molar-refractivity contribution in [2.45, 2.75) is 50.1 Å². The number of carbonyl (C=O) groups is 1. The molecule has 5 rings (SSSR count). The van der Waals surface area contributed by atoms with Crippen LogP contribution in [-0.4, -0.2) is 40.4 Å². The van der Waals surface area contributed by atoms with Crippen LogP contribution >= 0.6 is 11.8 Å². The van der Waals surface area contributed by atoms with Gasteiger partial charge in [-0.1, -0.05) is 44.2 Å². The van der Waals surface area contributed by atoms with Crippen LogP contribution in [0.3, 0.4) is 0 Å². The van der Waals surface area contributed by atoms with Crippen molar-refractivity contribution in [3.8, 4) is 5.75 Å². The maximum Gasteiger partial charge on any atom is 0.516 e. The molecule has 1 saturated heterocycles. The first-order valence-electron chi connectivity index (χ1n) is 13.2. The minimum absolute atomic E-state index is 0.218. The molecular weight excluding hydrogens is 593 g/mol. The lowest BCUT2D eigenvalue weighted by Gasteiger charge is -2.26. The maximum atomic E-state index is 12.6. The van der Waals surface area contributed by atoms with Gasteiger partial charge < -0.3 is 10.1 Å². The molecule has 0 radical (unpaired) electrons. The quantitative estimate of drug-likeness (QED) is 0.248. The number of thioether (sulfide) groups is 1. The summed E-state index contributed by atoms with van der Waals surface area (Å²) in [6.45, 7) is 0. The molecule has 1 aromatic heterocycles. The monoisotopic (exact) mass is 620 g/mol. The van der Waals surface area contributed by atoms with Crippen molar-refractivity contribution >= 4 is 50.3 Å². The van der Waals surface area contributed by atoms with E-state index in [4.69, 9.17) is 4.74 Å². The zero-order valence-electron chi connectivity index (χ0n) is 22.1. The van der Waals surface area contributed by atoms with E-state index in [-0.39, 0.29) is 22.9 Å². The molecule has 1 aliphatic carbocycles. The first-order valence-corrected chi connectivity index (χ1v) is 15.5. The minimum Gasteiger partial charge on any atom is -0.484 e. The lowest BCUT2D eigenvalue weighted by Crippen LogP contribution is -2.29. The Morgan fingerprint density at radius 2 is 1.81 bits per heavy atom. The summed E-state index contributed by atoms with van der Waals surface area (Å²) in [6.07, 6.45) is 10.2. The number of aromatic amines is 1. The Bertz CT molecular complexity index is 1550. The summed E-state index contributed by atoms with van der Waals surface area (Å²) in [6, 6.07) is 12.3. The molecule has 1 atom stereocenters. The van der Waals surface area contributed by atoms with Crippen molar-refractivity contribution < 1.29 is 31.1 Å². The molecule has 15 heteroatoms. The fraction of sp³-hybridized carbons (Fsp3) is 0.333. The van der Waals surface area contributed by atoms with Gasteiger partial charge in [0.1, 0.15) is 17.5 Å². The molecule has 2 aromatic carbocycles. The van der Waals surface area contributed by atoms with Gasteiger partial charge in [-0.05, 0) is 72.1 Å². The van der Waals surface area contributed by atoms with E-state index in [1.54, 1.807) is 12.3 Å². The number of alkyl halides is 3. The van der Waals surface area contributed by atoms with Crippen LogP contribution in [0.15, 0.2) is 64.6 Å². The molecule has 0 spiro atoms. The number of sulfonamides is 1. The summed E-state index contributed by atoms with van der Waals surface area (Å²) in [4.78, 5) is 17.2. The third kappa shape index (κ3) is 7.50. The number of aliphatic imine (C=N–C) groups is 1. The summed E-state index contributed by atoms with van der Waals surface area (Å²) in [5.74, 6) is 0.901. The highest BCUT2D eigenvalue weighted by Gasteiger charge is 2.46. The van der Waals surface area contributed by atoms with Crippen LogP contribution in [0.25, 0.3) is 6.08 Å². The SMILES string of the molecule is O=C1NC(=Nc2ccc(NS(=O)(=O)C(F)(F)F)cc2)S/C1=C/c1ccc(OC(CC2CCCCC2)c2cn[nH]n2)cc1. The van der Waals surface area contributed by atoms with E-state index >= 15 is 0 Å². The lowest BCUT2D eigenvalue weighted by molar-refractivity contribution is -0.115. The number of aromatic nitrogens is 3. The maximum absolute atomic E-state index is 12.6. The van der Waals surface area contributed by atoms with Gasteiger partial charge in [0.15, 0.2) is 5.17 Å². The van der Waals surface area contributed by atoms with Crippen LogP contribution in [0.5, 0.6) is 5.75 Å². The molecule has 42 heavy (non-hydrogen) atoms. The first-order chi connectivity index (χ1) is 20.1. The van der Waals surface area contributed by atoms with Gasteiger partial charge in [0.2, 0.25) is 0 Å². The molecule has 1 unspecified atom stereocenters. The molecule has 1 aliphatic heterocycles. The predicted octanol–water partition coefficient (Wildman–Crippen LogP) is 6.05. The zero-order chi connectivity index (χ0) is 29.7. The molecule has 3 aromatic rings. The van der Waals surface area contributed by atoms with Crippen molar-refractivity contribution in [1.82, 2.24) is 20.7 Å². The number of hydrogen-bond donors (Lipinski definition) is 3. The largest absolute Gasteiger partial charge is 0.516 e. The van der Waals surface area contributed by atoms with Gasteiger partial charge in [-0.3, -0.25) is 9.52 Å². The second-order valence-electron chi connectivity index (χ2n) is 9.89. The van der Waals surface area contributed by atoms with Gasteiger partial charge in [-0.2, -0.15) is 37.0 Å². The molecule has 3 N–H and O–H groups in total. The predicted molar refractivity (Wildman–Crippen MR) is 153 cm³/mol. The molecule has 10 nitrogen and oxygen atoms in total.